The molecular formula is C13H10BrClO3S. The van der Waals surface area contributed by atoms with E-state index in [9.17, 15) is 5.11 Å². The molecule has 2 aromatic rings. The lowest BCUT2D eigenvalue weighted by atomic mass is 10.1. The molecule has 0 bridgehead atoms. The lowest BCUT2D eigenvalue weighted by Gasteiger charge is -2.21. The Labute approximate surface area is 127 Å². The average Bonchev–Trinajstić information content (AvgIpc) is 2.84. The molecule has 0 saturated heterocycles. The van der Waals surface area contributed by atoms with E-state index in [4.69, 9.17) is 21.1 Å². The van der Waals surface area contributed by atoms with Crippen LogP contribution in [0.25, 0.3) is 0 Å². The molecule has 6 heteroatoms. The second kappa shape index (κ2) is 5.32. The molecule has 1 aromatic carbocycles. The smallest absolute Gasteiger partial charge is 0.162 e. The second-order valence-corrected chi connectivity index (χ2v) is 6.96. The first kappa shape index (κ1) is 13.2. The molecule has 100 valence electrons. The summed E-state index contributed by atoms with van der Waals surface area (Å²) in [5, 5.41) is 10.9. The van der Waals surface area contributed by atoms with Gasteiger partial charge in [-0.25, -0.2) is 0 Å². The molecule has 1 unspecified atom stereocenters. The van der Waals surface area contributed by atoms with Gasteiger partial charge < -0.3 is 14.6 Å². The van der Waals surface area contributed by atoms with Crippen LogP contribution in [0.1, 0.15) is 16.5 Å². The van der Waals surface area contributed by atoms with Crippen molar-refractivity contribution in [3.8, 4) is 11.5 Å². The molecule has 1 aromatic heterocycles. The van der Waals surface area contributed by atoms with Gasteiger partial charge in [0, 0.05) is 16.5 Å². The molecule has 0 spiro atoms. The minimum atomic E-state index is -0.764. The summed E-state index contributed by atoms with van der Waals surface area (Å²) >= 11 is 11.1. The van der Waals surface area contributed by atoms with Gasteiger partial charge in [-0.2, -0.15) is 0 Å². The maximum atomic E-state index is 10.4. The van der Waals surface area contributed by atoms with Gasteiger partial charge in [-0.15, -0.1) is 11.3 Å². The fraction of sp³-hybridized carbons (Fsp3) is 0.231. The second-order valence-electron chi connectivity index (χ2n) is 4.06. The van der Waals surface area contributed by atoms with Crippen LogP contribution >= 0.6 is 38.9 Å². The Balaban J connectivity index is 2.00. The molecule has 1 N–H and O–H groups in total. The summed E-state index contributed by atoms with van der Waals surface area (Å²) in [6, 6.07) is 7.20. The zero-order valence-electron chi connectivity index (χ0n) is 9.73. The zero-order valence-corrected chi connectivity index (χ0v) is 12.9. The number of aliphatic hydroxyl groups excluding tert-OH is 1. The molecule has 0 saturated carbocycles. The molecule has 3 nitrogen and oxygen atoms in total. The fourth-order valence-electron chi connectivity index (χ4n) is 1.92. The largest absolute Gasteiger partial charge is 0.486 e. The zero-order chi connectivity index (χ0) is 13.4. The molecule has 1 aliphatic heterocycles. The van der Waals surface area contributed by atoms with Crippen LogP contribution in [0.3, 0.4) is 0 Å². The summed E-state index contributed by atoms with van der Waals surface area (Å²) in [7, 11) is 0. The highest BCUT2D eigenvalue weighted by atomic mass is 79.9. The number of halogens is 2. The van der Waals surface area contributed by atoms with Crippen LogP contribution in [0.2, 0.25) is 5.02 Å². The van der Waals surface area contributed by atoms with Crippen molar-refractivity contribution < 1.29 is 14.6 Å². The van der Waals surface area contributed by atoms with Gasteiger partial charge in [0.25, 0.3) is 0 Å². The summed E-state index contributed by atoms with van der Waals surface area (Å²) in [4.78, 5) is 0.824. The van der Waals surface area contributed by atoms with E-state index < -0.39 is 6.10 Å². The van der Waals surface area contributed by atoms with Crippen molar-refractivity contribution >= 4 is 38.9 Å². The van der Waals surface area contributed by atoms with E-state index >= 15 is 0 Å². The van der Waals surface area contributed by atoms with Crippen molar-refractivity contribution in [1.29, 1.82) is 0 Å². The number of hydrogen-bond acceptors (Lipinski definition) is 4. The van der Waals surface area contributed by atoms with Gasteiger partial charge in [-0.3, -0.25) is 0 Å². The van der Waals surface area contributed by atoms with Crippen molar-refractivity contribution in [1.82, 2.24) is 0 Å². The topological polar surface area (TPSA) is 38.7 Å². The molecule has 0 radical (unpaired) electrons. The first-order chi connectivity index (χ1) is 9.15. The summed E-state index contributed by atoms with van der Waals surface area (Å²) in [5.41, 5.74) is 0.625. The first-order valence-electron chi connectivity index (χ1n) is 5.67. The standard InChI is InChI=1S/C13H10BrClO3S/c14-12-2-1-11(19-12)13(16)7-5-9-10(6-8(7)15)18-4-3-17-9/h1-2,5-6,13,16H,3-4H2. The van der Waals surface area contributed by atoms with Crippen molar-refractivity contribution in [3.05, 3.63) is 43.5 Å². The Hall–Kier alpha value is -0.750. The van der Waals surface area contributed by atoms with Crippen LogP contribution in [0, 0.1) is 0 Å². The summed E-state index contributed by atoms with van der Waals surface area (Å²) < 4.78 is 11.9. The van der Waals surface area contributed by atoms with E-state index in [1.807, 2.05) is 12.1 Å². The molecule has 0 amide bonds. The molecule has 0 aliphatic carbocycles. The third-order valence-corrected chi connectivity index (χ3v) is 4.82. The normalized spacial score (nSPS) is 15.3. The number of thiophene rings is 1. The maximum Gasteiger partial charge on any atom is 0.162 e. The average molecular weight is 362 g/mol. The van der Waals surface area contributed by atoms with Crippen molar-refractivity contribution in [2.24, 2.45) is 0 Å². The third-order valence-electron chi connectivity index (χ3n) is 2.82. The highest BCUT2D eigenvalue weighted by Crippen LogP contribution is 2.40. The van der Waals surface area contributed by atoms with Crippen LogP contribution < -0.4 is 9.47 Å². The van der Waals surface area contributed by atoms with E-state index in [2.05, 4.69) is 15.9 Å². The summed E-state index contributed by atoms with van der Waals surface area (Å²) in [5.74, 6) is 1.25. The first-order valence-corrected chi connectivity index (χ1v) is 7.66. The SMILES string of the molecule is OC(c1ccc(Br)s1)c1cc2c(cc1Cl)OCCO2. The minimum absolute atomic E-state index is 0.473. The van der Waals surface area contributed by atoms with Gasteiger partial charge >= 0.3 is 0 Å². The lowest BCUT2D eigenvalue weighted by molar-refractivity contribution is 0.170. The molecule has 1 atom stereocenters. The van der Waals surface area contributed by atoms with Crippen molar-refractivity contribution in [2.45, 2.75) is 6.10 Å². The third kappa shape index (κ3) is 2.60. The van der Waals surface area contributed by atoms with Crippen molar-refractivity contribution in [3.63, 3.8) is 0 Å². The van der Waals surface area contributed by atoms with E-state index in [1.54, 1.807) is 12.1 Å². The Kier molecular flexibility index (Phi) is 3.71. The fourth-order valence-corrected chi connectivity index (χ4v) is 3.60. The minimum Gasteiger partial charge on any atom is -0.486 e. The molecule has 1 aliphatic rings. The van der Waals surface area contributed by atoms with Crippen LogP contribution in [0.15, 0.2) is 28.1 Å². The molecule has 3 rings (SSSR count). The van der Waals surface area contributed by atoms with Gasteiger partial charge in [0.2, 0.25) is 0 Å². The van der Waals surface area contributed by atoms with E-state index in [0.29, 0.717) is 35.3 Å². The number of aliphatic hydroxyl groups is 1. The van der Waals surface area contributed by atoms with Crippen LogP contribution in [0.5, 0.6) is 11.5 Å². The van der Waals surface area contributed by atoms with E-state index in [-0.39, 0.29) is 0 Å². The van der Waals surface area contributed by atoms with Gasteiger partial charge in [-0.05, 0) is 34.1 Å². The van der Waals surface area contributed by atoms with E-state index in [0.717, 1.165) is 8.66 Å². The molecule has 0 fully saturated rings. The van der Waals surface area contributed by atoms with Gasteiger partial charge in [0.05, 0.1) is 8.81 Å². The van der Waals surface area contributed by atoms with Gasteiger partial charge in [-0.1, -0.05) is 11.6 Å². The van der Waals surface area contributed by atoms with Crippen LogP contribution in [0.4, 0.5) is 0 Å². The lowest BCUT2D eigenvalue weighted by Crippen LogP contribution is -2.16. The number of rotatable bonds is 2. The molecule has 2 heterocycles. The Bertz CT molecular complexity index is 614. The maximum absolute atomic E-state index is 10.4. The Morgan fingerprint density at radius 2 is 1.89 bits per heavy atom. The highest BCUT2D eigenvalue weighted by Gasteiger charge is 2.21. The Morgan fingerprint density at radius 3 is 2.53 bits per heavy atom. The highest BCUT2D eigenvalue weighted by molar-refractivity contribution is 9.11. The summed E-state index contributed by atoms with van der Waals surface area (Å²) in [6.07, 6.45) is -0.764. The van der Waals surface area contributed by atoms with Crippen molar-refractivity contribution in [2.75, 3.05) is 13.2 Å². The van der Waals surface area contributed by atoms with Gasteiger partial charge in [0.15, 0.2) is 11.5 Å². The van der Waals surface area contributed by atoms with Crippen LogP contribution in [-0.2, 0) is 0 Å². The number of benzene rings is 1. The monoisotopic (exact) mass is 360 g/mol. The van der Waals surface area contributed by atoms with Crippen LogP contribution in [-0.4, -0.2) is 18.3 Å². The quantitative estimate of drug-likeness (QED) is 0.878. The van der Waals surface area contributed by atoms with E-state index in [1.165, 1.54) is 11.3 Å². The number of fused-ring (bicyclic) bond motifs is 1. The summed E-state index contributed by atoms with van der Waals surface area (Å²) in [6.45, 7) is 1.03. The molecular weight excluding hydrogens is 352 g/mol. The predicted molar refractivity (Wildman–Crippen MR) is 78.5 cm³/mol. The predicted octanol–water partition coefficient (Wildman–Crippen LogP) is 4.02. The van der Waals surface area contributed by atoms with Gasteiger partial charge in [0.1, 0.15) is 19.3 Å². The molecule has 19 heavy (non-hydrogen) atoms. The number of ether oxygens (including phenoxy) is 2. The Morgan fingerprint density at radius 1 is 1.21 bits per heavy atom. The number of hydrogen-bond donors (Lipinski definition) is 1.